The summed E-state index contributed by atoms with van der Waals surface area (Å²) in [5.74, 6) is -0.944. The van der Waals surface area contributed by atoms with Crippen LogP contribution in [0, 0.1) is 11.6 Å². The van der Waals surface area contributed by atoms with E-state index in [1.165, 1.54) is 11.6 Å². The van der Waals surface area contributed by atoms with E-state index in [-0.39, 0.29) is 18.1 Å². The molecule has 0 spiro atoms. The van der Waals surface area contributed by atoms with E-state index in [9.17, 15) is 18.7 Å². The predicted molar refractivity (Wildman–Crippen MR) is 159 cm³/mol. The van der Waals surface area contributed by atoms with Crippen molar-refractivity contribution in [3.8, 4) is 0 Å². The lowest BCUT2D eigenvalue weighted by Gasteiger charge is -2.33. The molecule has 0 aliphatic heterocycles. The number of halogens is 2. The van der Waals surface area contributed by atoms with Gasteiger partial charge in [0.05, 0.1) is 11.6 Å². The van der Waals surface area contributed by atoms with Gasteiger partial charge < -0.3 is 20.3 Å². The molecule has 1 saturated carbocycles. The second-order valence-corrected chi connectivity index (χ2v) is 11.3. The maximum atomic E-state index is 13.9. The molecule has 3 N–H and O–H groups in total. The van der Waals surface area contributed by atoms with Gasteiger partial charge >= 0.3 is 0 Å². The Bertz CT molecular complexity index is 1430. The van der Waals surface area contributed by atoms with Gasteiger partial charge in [-0.15, -0.1) is 0 Å². The molecular weight excluding hydrogens is 520 g/mol. The van der Waals surface area contributed by atoms with E-state index in [2.05, 4.69) is 34.6 Å². The van der Waals surface area contributed by atoms with Crippen LogP contribution in [0.4, 0.5) is 8.78 Å². The molecule has 5 nitrogen and oxygen atoms in total. The van der Waals surface area contributed by atoms with Crippen molar-refractivity contribution in [2.24, 2.45) is 0 Å². The maximum Gasteiger partial charge on any atom is 0.253 e. The third-order valence-corrected chi connectivity index (χ3v) is 8.46. The van der Waals surface area contributed by atoms with Gasteiger partial charge in [0.1, 0.15) is 11.6 Å². The molecule has 0 saturated heterocycles. The van der Waals surface area contributed by atoms with Crippen molar-refractivity contribution >= 4 is 16.8 Å². The average molecular weight is 560 g/mol. The number of H-pyrrole nitrogens is 1. The molecule has 216 valence electrons. The number of amides is 1. The number of aryl methyl sites for hydroxylation is 1. The first-order valence-electron chi connectivity index (χ1n) is 14.6. The van der Waals surface area contributed by atoms with Gasteiger partial charge in [-0.2, -0.15) is 0 Å². The Morgan fingerprint density at radius 3 is 2.37 bits per heavy atom. The highest BCUT2D eigenvalue weighted by Gasteiger charge is 2.26. The standard InChI is InChI=1S/C20H20F2N2.C14H19NO2/c21-14-10-17-16-12-15(23-9-8-13-4-2-1-3-5-13)6-7-19(16)24-20(17)18(22)11-14;1-15(12-7-9-13(16)10-8-12)14(17)11-5-3-2-4-6-11/h1-5,10-11,15,23-24H,6-9,12H2;2-6,12-13,16H,7-10H2,1H3. The SMILES string of the molecule is CN(C(=O)c1ccccc1)C1CCC(O)CC1.Fc1cc(F)c2[nH]c3c(c2c1)CC(NCCc1ccccc1)CC3. The summed E-state index contributed by atoms with van der Waals surface area (Å²) in [4.78, 5) is 17.2. The van der Waals surface area contributed by atoms with Crippen molar-refractivity contribution in [3.05, 3.63) is 107 Å². The number of carbonyl (C=O) groups excluding carboxylic acids is 1. The summed E-state index contributed by atoms with van der Waals surface area (Å²) in [6, 6.07) is 22.8. The normalized spacial score (nSPS) is 20.1. The largest absolute Gasteiger partial charge is 0.393 e. The van der Waals surface area contributed by atoms with Gasteiger partial charge in [0.25, 0.3) is 5.91 Å². The van der Waals surface area contributed by atoms with Crippen molar-refractivity contribution in [1.82, 2.24) is 15.2 Å². The van der Waals surface area contributed by atoms with E-state index in [1.54, 1.807) is 0 Å². The fourth-order valence-corrected chi connectivity index (χ4v) is 6.08. The second-order valence-electron chi connectivity index (χ2n) is 11.3. The molecule has 2 aliphatic carbocycles. The number of carbonyl (C=O) groups is 1. The van der Waals surface area contributed by atoms with Gasteiger partial charge in [-0.25, -0.2) is 8.78 Å². The summed E-state index contributed by atoms with van der Waals surface area (Å²) in [6.45, 7) is 0.912. The van der Waals surface area contributed by atoms with Gasteiger partial charge in [0.15, 0.2) is 0 Å². The molecule has 1 fully saturated rings. The molecule has 1 aromatic heterocycles. The van der Waals surface area contributed by atoms with Gasteiger partial charge in [-0.3, -0.25) is 4.79 Å². The molecule has 1 unspecified atom stereocenters. The summed E-state index contributed by atoms with van der Waals surface area (Å²) >= 11 is 0. The molecule has 7 heteroatoms. The third kappa shape index (κ3) is 7.21. The topological polar surface area (TPSA) is 68.4 Å². The van der Waals surface area contributed by atoms with Crippen molar-refractivity contribution in [2.75, 3.05) is 13.6 Å². The number of benzene rings is 3. The van der Waals surface area contributed by atoms with Crippen molar-refractivity contribution in [3.63, 3.8) is 0 Å². The Kier molecular flexibility index (Phi) is 9.47. The highest BCUT2D eigenvalue weighted by molar-refractivity contribution is 5.94. The number of rotatable bonds is 6. The maximum absolute atomic E-state index is 13.9. The highest BCUT2D eigenvalue weighted by atomic mass is 19.1. The van der Waals surface area contributed by atoms with E-state index in [4.69, 9.17) is 0 Å². The number of nitrogens with one attached hydrogen (secondary N) is 2. The Hall–Kier alpha value is -3.55. The van der Waals surface area contributed by atoms with E-state index < -0.39 is 11.6 Å². The number of hydrogen-bond acceptors (Lipinski definition) is 3. The molecule has 1 amide bonds. The minimum Gasteiger partial charge on any atom is -0.393 e. The van der Waals surface area contributed by atoms with E-state index in [0.717, 1.165) is 80.8 Å². The number of nitrogens with zero attached hydrogens (tertiary/aromatic N) is 1. The van der Waals surface area contributed by atoms with Gasteiger partial charge in [0, 0.05) is 41.8 Å². The summed E-state index contributed by atoms with van der Waals surface area (Å²) in [5.41, 5.74) is 4.60. The second kappa shape index (κ2) is 13.4. The fraction of sp³-hybridized carbons (Fsp3) is 0.382. The summed E-state index contributed by atoms with van der Waals surface area (Å²) in [5, 5.41) is 13.7. The number of hydrogen-bond donors (Lipinski definition) is 3. The van der Waals surface area contributed by atoms with Gasteiger partial charge in [-0.1, -0.05) is 48.5 Å². The number of aromatic nitrogens is 1. The lowest BCUT2D eigenvalue weighted by molar-refractivity contribution is 0.0569. The Morgan fingerprint density at radius 2 is 1.66 bits per heavy atom. The first-order chi connectivity index (χ1) is 19.9. The lowest BCUT2D eigenvalue weighted by Crippen LogP contribution is -2.40. The van der Waals surface area contributed by atoms with E-state index >= 15 is 0 Å². The van der Waals surface area contributed by atoms with Crippen LogP contribution < -0.4 is 5.32 Å². The number of aromatic amines is 1. The lowest BCUT2D eigenvalue weighted by atomic mass is 9.91. The third-order valence-electron chi connectivity index (χ3n) is 8.46. The predicted octanol–water partition coefficient (Wildman–Crippen LogP) is 6.20. The monoisotopic (exact) mass is 559 g/mol. The highest BCUT2D eigenvalue weighted by Crippen LogP contribution is 2.31. The number of fused-ring (bicyclic) bond motifs is 3. The van der Waals surface area contributed by atoms with Crippen LogP contribution in [-0.2, 0) is 19.3 Å². The van der Waals surface area contributed by atoms with E-state index in [1.807, 2.05) is 48.3 Å². The van der Waals surface area contributed by atoms with Crippen LogP contribution in [-0.4, -0.2) is 52.7 Å². The van der Waals surface area contributed by atoms with Crippen molar-refractivity contribution < 1.29 is 18.7 Å². The van der Waals surface area contributed by atoms with Crippen LogP contribution in [0.1, 0.15) is 59.3 Å². The molecule has 6 rings (SSSR count). The smallest absolute Gasteiger partial charge is 0.253 e. The zero-order valence-corrected chi connectivity index (χ0v) is 23.6. The minimum atomic E-state index is -0.513. The minimum absolute atomic E-state index is 0.0759. The molecule has 0 bridgehead atoms. The Labute approximate surface area is 240 Å². The zero-order chi connectivity index (χ0) is 28.8. The summed E-state index contributed by atoms with van der Waals surface area (Å²) < 4.78 is 27.5. The first kappa shape index (κ1) is 29.0. The fourth-order valence-electron chi connectivity index (χ4n) is 6.08. The van der Waals surface area contributed by atoms with Crippen molar-refractivity contribution in [2.45, 2.75) is 69.6 Å². The molecule has 1 heterocycles. The quantitative estimate of drug-likeness (QED) is 0.264. The van der Waals surface area contributed by atoms with Crippen LogP contribution in [0.3, 0.4) is 0 Å². The number of aliphatic hydroxyl groups is 1. The van der Waals surface area contributed by atoms with Gasteiger partial charge in [-0.05, 0) is 87.2 Å². The Balaban J connectivity index is 0.000000175. The summed E-state index contributed by atoms with van der Waals surface area (Å²) in [7, 11) is 1.86. The van der Waals surface area contributed by atoms with Crippen LogP contribution in [0.25, 0.3) is 10.9 Å². The molecular formula is C34H39F2N3O2. The van der Waals surface area contributed by atoms with Crippen LogP contribution in [0.15, 0.2) is 72.8 Å². The number of aliphatic hydroxyl groups excluding tert-OH is 1. The Morgan fingerprint density at radius 1 is 0.976 bits per heavy atom. The summed E-state index contributed by atoms with van der Waals surface area (Å²) in [6.07, 6.45) is 6.91. The van der Waals surface area contributed by atoms with Crippen molar-refractivity contribution in [1.29, 1.82) is 0 Å². The van der Waals surface area contributed by atoms with Crippen LogP contribution in [0.2, 0.25) is 0 Å². The van der Waals surface area contributed by atoms with Crippen LogP contribution in [0.5, 0.6) is 0 Å². The molecule has 1 atom stereocenters. The molecule has 41 heavy (non-hydrogen) atoms. The average Bonchev–Trinajstić information content (AvgIpc) is 3.36. The van der Waals surface area contributed by atoms with Crippen LogP contribution >= 0.6 is 0 Å². The molecule has 0 radical (unpaired) electrons. The van der Waals surface area contributed by atoms with E-state index in [0.29, 0.717) is 16.9 Å². The first-order valence-corrected chi connectivity index (χ1v) is 14.6. The molecule has 4 aromatic rings. The molecule has 3 aromatic carbocycles. The zero-order valence-electron chi connectivity index (χ0n) is 23.6. The van der Waals surface area contributed by atoms with Gasteiger partial charge in [0.2, 0.25) is 0 Å². The molecule has 2 aliphatic rings.